The summed E-state index contributed by atoms with van der Waals surface area (Å²) in [7, 11) is 0. The van der Waals surface area contributed by atoms with E-state index in [1.54, 1.807) is 0 Å². The summed E-state index contributed by atoms with van der Waals surface area (Å²) >= 11 is 0. The molecule has 1 aliphatic heterocycles. The molecule has 1 aliphatic rings. The fourth-order valence-corrected chi connectivity index (χ4v) is 3.41. The molecular formula is C24H25NO2. The van der Waals surface area contributed by atoms with Crippen molar-refractivity contribution in [2.24, 2.45) is 0 Å². The van der Waals surface area contributed by atoms with Gasteiger partial charge in [0.2, 0.25) is 0 Å². The number of hydrogen-bond donors (Lipinski definition) is 0. The molecule has 4 rings (SSSR count). The standard InChI is InChI=1S/C24H25NO2/c1-2-6-20(7-3-1)19-27-24-12-10-23(11-13-24)26-17-16-25-15-14-21-8-4-5-9-22(21)18-25/h1-13H,14-19H2. The molecule has 3 aromatic carbocycles. The maximum atomic E-state index is 5.92. The molecule has 1 heterocycles. The van der Waals surface area contributed by atoms with Crippen LogP contribution in [0.2, 0.25) is 0 Å². The van der Waals surface area contributed by atoms with Crippen molar-refractivity contribution in [3.8, 4) is 11.5 Å². The molecule has 138 valence electrons. The average molecular weight is 359 g/mol. The summed E-state index contributed by atoms with van der Waals surface area (Å²) in [6, 6.07) is 26.8. The van der Waals surface area contributed by atoms with Crippen LogP contribution >= 0.6 is 0 Å². The Hall–Kier alpha value is -2.78. The van der Waals surface area contributed by atoms with Crippen LogP contribution < -0.4 is 9.47 Å². The second-order valence-corrected chi connectivity index (χ2v) is 6.89. The van der Waals surface area contributed by atoms with Crippen molar-refractivity contribution in [3.05, 3.63) is 95.6 Å². The van der Waals surface area contributed by atoms with Crippen molar-refractivity contribution in [1.82, 2.24) is 4.90 Å². The molecule has 0 saturated heterocycles. The third-order valence-electron chi connectivity index (χ3n) is 4.96. The van der Waals surface area contributed by atoms with Crippen LogP contribution in [0, 0.1) is 0 Å². The summed E-state index contributed by atoms with van der Waals surface area (Å²) in [5.74, 6) is 1.75. The minimum absolute atomic E-state index is 0.581. The quantitative estimate of drug-likeness (QED) is 0.610. The number of rotatable bonds is 7. The molecule has 0 saturated carbocycles. The van der Waals surface area contributed by atoms with Gasteiger partial charge >= 0.3 is 0 Å². The van der Waals surface area contributed by atoms with E-state index in [1.165, 1.54) is 16.7 Å². The molecule has 3 nitrogen and oxygen atoms in total. The molecule has 0 spiro atoms. The number of nitrogens with zero attached hydrogens (tertiary/aromatic N) is 1. The second kappa shape index (κ2) is 8.74. The lowest BCUT2D eigenvalue weighted by molar-refractivity contribution is 0.196. The van der Waals surface area contributed by atoms with E-state index >= 15 is 0 Å². The van der Waals surface area contributed by atoms with Crippen molar-refractivity contribution in [3.63, 3.8) is 0 Å². The zero-order chi connectivity index (χ0) is 18.3. The van der Waals surface area contributed by atoms with Gasteiger partial charge in [-0.25, -0.2) is 0 Å². The molecule has 0 unspecified atom stereocenters. The highest BCUT2D eigenvalue weighted by Crippen LogP contribution is 2.20. The van der Waals surface area contributed by atoms with Gasteiger partial charge in [-0.15, -0.1) is 0 Å². The first-order valence-corrected chi connectivity index (χ1v) is 9.55. The fourth-order valence-electron chi connectivity index (χ4n) is 3.41. The summed E-state index contributed by atoms with van der Waals surface area (Å²) in [6.45, 7) is 4.35. The Morgan fingerprint density at radius 2 is 1.37 bits per heavy atom. The molecule has 0 atom stereocenters. The molecule has 0 bridgehead atoms. The van der Waals surface area contributed by atoms with Gasteiger partial charge in [-0.3, -0.25) is 4.90 Å². The summed E-state index contributed by atoms with van der Waals surface area (Å²) < 4.78 is 11.7. The zero-order valence-electron chi connectivity index (χ0n) is 15.5. The van der Waals surface area contributed by atoms with Gasteiger partial charge in [0, 0.05) is 19.6 Å². The van der Waals surface area contributed by atoms with Crippen LogP contribution in [-0.2, 0) is 19.6 Å². The Bertz CT molecular complexity index is 846. The molecule has 0 aromatic heterocycles. The number of hydrogen-bond acceptors (Lipinski definition) is 3. The van der Waals surface area contributed by atoms with E-state index < -0.39 is 0 Å². The summed E-state index contributed by atoms with van der Waals surface area (Å²) in [4.78, 5) is 2.46. The highest BCUT2D eigenvalue weighted by Gasteiger charge is 2.15. The van der Waals surface area contributed by atoms with Gasteiger partial charge in [0.05, 0.1) is 0 Å². The van der Waals surface area contributed by atoms with E-state index in [-0.39, 0.29) is 0 Å². The Labute approximate surface area is 161 Å². The van der Waals surface area contributed by atoms with Crippen LogP contribution in [0.4, 0.5) is 0 Å². The first-order chi connectivity index (χ1) is 13.4. The largest absolute Gasteiger partial charge is 0.492 e. The van der Waals surface area contributed by atoms with E-state index in [1.807, 2.05) is 42.5 Å². The predicted octanol–water partition coefficient (Wildman–Crippen LogP) is 4.70. The normalized spacial score (nSPS) is 13.8. The van der Waals surface area contributed by atoms with Gasteiger partial charge in [-0.05, 0) is 47.4 Å². The minimum atomic E-state index is 0.581. The average Bonchev–Trinajstić information content (AvgIpc) is 2.74. The van der Waals surface area contributed by atoms with E-state index in [2.05, 4.69) is 41.3 Å². The van der Waals surface area contributed by atoms with Crippen molar-refractivity contribution in [2.45, 2.75) is 19.6 Å². The lowest BCUT2D eigenvalue weighted by Gasteiger charge is -2.28. The van der Waals surface area contributed by atoms with Crippen molar-refractivity contribution in [2.75, 3.05) is 19.7 Å². The van der Waals surface area contributed by atoms with Crippen LogP contribution in [0.25, 0.3) is 0 Å². The van der Waals surface area contributed by atoms with E-state index in [0.29, 0.717) is 13.2 Å². The van der Waals surface area contributed by atoms with Gasteiger partial charge in [0.1, 0.15) is 24.7 Å². The number of ether oxygens (including phenoxy) is 2. The smallest absolute Gasteiger partial charge is 0.120 e. The van der Waals surface area contributed by atoms with Crippen molar-refractivity contribution < 1.29 is 9.47 Å². The second-order valence-electron chi connectivity index (χ2n) is 6.89. The monoisotopic (exact) mass is 359 g/mol. The van der Waals surface area contributed by atoms with Crippen molar-refractivity contribution >= 4 is 0 Å². The molecular weight excluding hydrogens is 334 g/mol. The van der Waals surface area contributed by atoms with Gasteiger partial charge in [-0.1, -0.05) is 54.6 Å². The van der Waals surface area contributed by atoms with Gasteiger partial charge in [0.25, 0.3) is 0 Å². The topological polar surface area (TPSA) is 21.7 Å². The van der Waals surface area contributed by atoms with Gasteiger partial charge in [0.15, 0.2) is 0 Å². The summed E-state index contributed by atoms with van der Waals surface area (Å²) in [5.41, 5.74) is 4.10. The Kier molecular flexibility index (Phi) is 5.70. The van der Waals surface area contributed by atoms with Crippen LogP contribution in [-0.4, -0.2) is 24.6 Å². The van der Waals surface area contributed by atoms with Crippen LogP contribution in [0.15, 0.2) is 78.9 Å². The van der Waals surface area contributed by atoms with E-state index in [4.69, 9.17) is 9.47 Å². The van der Waals surface area contributed by atoms with Crippen LogP contribution in [0.3, 0.4) is 0 Å². The molecule has 3 heteroatoms. The number of benzene rings is 3. The Morgan fingerprint density at radius 3 is 2.15 bits per heavy atom. The lowest BCUT2D eigenvalue weighted by Crippen LogP contribution is -2.33. The molecule has 0 aliphatic carbocycles. The molecule has 3 aromatic rings. The molecule has 0 radical (unpaired) electrons. The van der Waals surface area contributed by atoms with Crippen LogP contribution in [0.1, 0.15) is 16.7 Å². The predicted molar refractivity (Wildman–Crippen MR) is 108 cm³/mol. The van der Waals surface area contributed by atoms with Gasteiger partial charge < -0.3 is 9.47 Å². The van der Waals surface area contributed by atoms with E-state index in [0.717, 1.165) is 37.6 Å². The molecule has 0 fully saturated rings. The molecule has 0 amide bonds. The summed E-state index contributed by atoms with van der Waals surface area (Å²) in [6.07, 6.45) is 1.13. The SMILES string of the molecule is c1ccc(COc2ccc(OCCN3CCc4ccccc4C3)cc2)cc1. The maximum absolute atomic E-state index is 5.92. The van der Waals surface area contributed by atoms with Crippen molar-refractivity contribution in [1.29, 1.82) is 0 Å². The first-order valence-electron chi connectivity index (χ1n) is 9.55. The lowest BCUT2D eigenvalue weighted by atomic mass is 10.0. The maximum Gasteiger partial charge on any atom is 0.120 e. The zero-order valence-corrected chi connectivity index (χ0v) is 15.5. The third kappa shape index (κ3) is 4.89. The minimum Gasteiger partial charge on any atom is -0.492 e. The molecule has 0 N–H and O–H groups in total. The number of fused-ring (bicyclic) bond motifs is 1. The first kappa shape index (κ1) is 17.6. The Balaban J connectivity index is 1.21. The third-order valence-corrected chi connectivity index (χ3v) is 4.96. The van der Waals surface area contributed by atoms with Gasteiger partial charge in [-0.2, -0.15) is 0 Å². The molecule has 27 heavy (non-hydrogen) atoms. The van der Waals surface area contributed by atoms with E-state index in [9.17, 15) is 0 Å². The summed E-state index contributed by atoms with van der Waals surface area (Å²) in [5, 5.41) is 0. The van der Waals surface area contributed by atoms with Crippen LogP contribution in [0.5, 0.6) is 11.5 Å². The Morgan fingerprint density at radius 1 is 0.704 bits per heavy atom. The highest BCUT2D eigenvalue weighted by molar-refractivity contribution is 5.32. The highest BCUT2D eigenvalue weighted by atomic mass is 16.5. The fraction of sp³-hybridized carbons (Fsp3) is 0.250.